The highest BCUT2D eigenvalue weighted by Crippen LogP contribution is 2.10. The third-order valence-electron chi connectivity index (χ3n) is 1.07. The first-order valence-electron chi connectivity index (χ1n) is 2.81. The van der Waals surface area contributed by atoms with Gasteiger partial charge in [0, 0.05) is 0 Å². The Morgan fingerprint density at radius 1 is 1.90 bits per heavy atom. The Morgan fingerprint density at radius 2 is 2.70 bits per heavy atom. The Morgan fingerprint density at radius 3 is 3.20 bits per heavy atom. The van der Waals surface area contributed by atoms with Gasteiger partial charge in [-0.2, -0.15) is 5.26 Å². The molecule has 0 radical (unpaired) electrons. The van der Waals surface area contributed by atoms with Gasteiger partial charge in [-0.3, -0.25) is 0 Å². The number of aromatic nitrogens is 2. The molecule has 3 nitrogen and oxygen atoms in total. The molecule has 1 N–H and O–H groups in total. The summed E-state index contributed by atoms with van der Waals surface area (Å²) in [6.07, 6.45) is 4.06. The fourth-order valence-corrected chi connectivity index (χ4v) is 0.990. The summed E-state index contributed by atoms with van der Waals surface area (Å²) < 4.78 is 0. The van der Waals surface area contributed by atoms with E-state index in [1.54, 1.807) is 18.0 Å². The summed E-state index contributed by atoms with van der Waals surface area (Å²) in [6, 6.07) is 2.02. The summed E-state index contributed by atoms with van der Waals surface area (Å²) in [5, 5.41) is 9.29. The van der Waals surface area contributed by atoms with Crippen molar-refractivity contribution in [3.8, 4) is 6.07 Å². The van der Waals surface area contributed by atoms with Crippen LogP contribution in [0.25, 0.3) is 0 Å². The monoisotopic (exact) mass is 153 g/mol. The predicted octanol–water partition coefficient (Wildman–Crippen LogP) is 1.20. The molecule has 1 aromatic heterocycles. The van der Waals surface area contributed by atoms with E-state index in [9.17, 15) is 0 Å². The van der Waals surface area contributed by atoms with Crippen LogP contribution in [0.3, 0.4) is 0 Å². The number of nitrogens with zero attached hydrogens (tertiary/aromatic N) is 2. The summed E-state index contributed by atoms with van der Waals surface area (Å²) in [5.74, 6) is 0.742. The first-order valence-corrected chi connectivity index (χ1v) is 4.04. The van der Waals surface area contributed by atoms with Crippen molar-refractivity contribution in [2.75, 3.05) is 6.26 Å². The van der Waals surface area contributed by atoms with Gasteiger partial charge < -0.3 is 4.98 Å². The average molecular weight is 153 g/mol. The van der Waals surface area contributed by atoms with Crippen LogP contribution in [0.4, 0.5) is 0 Å². The lowest BCUT2D eigenvalue weighted by Gasteiger charge is -1.84. The highest BCUT2D eigenvalue weighted by atomic mass is 32.2. The predicted molar refractivity (Wildman–Crippen MR) is 39.7 cm³/mol. The van der Waals surface area contributed by atoms with E-state index in [1.165, 1.54) is 0 Å². The molecule has 1 heterocycles. The molecule has 10 heavy (non-hydrogen) atoms. The number of hydrogen-bond acceptors (Lipinski definition) is 3. The van der Waals surface area contributed by atoms with Crippen LogP contribution in [0.2, 0.25) is 0 Å². The van der Waals surface area contributed by atoms with E-state index in [0.29, 0.717) is 6.42 Å². The second-order valence-electron chi connectivity index (χ2n) is 1.73. The Hall–Kier alpha value is -0.950. The third kappa shape index (κ3) is 1.52. The lowest BCUT2D eigenvalue weighted by molar-refractivity contribution is 1.04. The van der Waals surface area contributed by atoms with Gasteiger partial charge in [-0.25, -0.2) is 4.98 Å². The zero-order valence-electron chi connectivity index (χ0n) is 5.59. The number of hydrogen-bond donors (Lipinski definition) is 1. The molecule has 4 heteroatoms. The fraction of sp³-hybridized carbons (Fsp3) is 0.333. The minimum Gasteiger partial charge on any atom is -0.336 e. The number of nitriles is 1. The van der Waals surface area contributed by atoms with Crippen molar-refractivity contribution in [3.63, 3.8) is 0 Å². The lowest BCUT2D eigenvalue weighted by Crippen LogP contribution is -1.82. The van der Waals surface area contributed by atoms with Crippen molar-refractivity contribution in [1.29, 1.82) is 5.26 Å². The number of rotatable bonds is 2. The van der Waals surface area contributed by atoms with Crippen molar-refractivity contribution in [1.82, 2.24) is 9.97 Å². The molecular weight excluding hydrogens is 146 g/mol. The second-order valence-corrected chi connectivity index (χ2v) is 2.58. The molecular formula is C6H7N3S. The molecule has 0 unspecified atom stereocenters. The van der Waals surface area contributed by atoms with E-state index in [1.807, 2.05) is 12.3 Å². The first-order chi connectivity index (χ1) is 4.86. The number of nitrogens with one attached hydrogen (secondary N) is 1. The van der Waals surface area contributed by atoms with E-state index >= 15 is 0 Å². The average Bonchev–Trinajstić information content (AvgIpc) is 2.37. The van der Waals surface area contributed by atoms with E-state index in [-0.39, 0.29) is 0 Å². The zero-order valence-corrected chi connectivity index (χ0v) is 6.40. The normalized spacial score (nSPS) is 9.20. The molecule has 0 aliphatic carbocycles. The van der Waals surface area contributed by atoms with Crippen LogP contribution >= 0.6 is 11.8 Å². The van der Waals surface area contributed by atoms with Gasteiger partial charge in [0.2, 0.25) is 0 Å². The number of aromatic amines is 1. The summed E-state index contributed by atoms with van der Waals surface area (Å²) in [5.41, 5.74) is 0. The lowest BCUT2D eigenvalue weighted by atomic mass is 10.5. The van der Waals surface area contributed by atoms with Crippen molar-refractivity contribution in [2.24, 2.45) is 0 Å². The van der Waals surface area contributed by atoms with Crippen LogP contribution in [0.15, 0.2) is 11.2 Å². The summed E-state index contributed by atoms with van der Waals surface area (Å²) in [4.78, 5) is 6.97. The molecule has 0 aliphatic rings. The number of imidazole rings is 1. The summed E-state index contributed by atoms with van der Waals surface area (Å²) in [7, 11) is 0. The molecule has 1 aromatic rings. The van der Waals surface area contributed by atoms with Crippen LogP contribution < -0.4 is 0 Å². The maximum atomic E-state index is 8.28. The first kappa shape index (κ1) is 7.16. The van der Waals surface area contributed by atoms with Crippen molar-refractivity contribution in [3.05, 3.63) is 12.0 Å². The summed E-state index contributed by atoms with van der Waals surface area (Å²) in [6.45, 7) is 0. The highest BCUT2D eigenvalue weighted by Gasteiger charge is 1.96. The third-order valence-corrected chi connectivity index (χ3v) is 1.72. The highest BCUT2D eigenvalue weighted by molar-refractivity contribution is 7.98. The number of H-pyrrole nitrogens is 1. The van der Waals surface area contributed by atoms with Crippen molar-refractivity contribution < 1.29 is 0 Å². The molecule has 0 aromatic carbocycles. The van der Waals surface area contributed by atoms with Crippen LogP contribution in [0.1, 0.15) is 5.82 Å². The Kier molecular flexibility index (Phi) is 2.35. The van der Waals surface area contributed by atoms with Crippen LogP contribution in [-0.4, -0.2) is 16.2 Å². The molecule has 1 rings (SSSR count). The second kappa shape index (κ2) is 3.28. The van der Waals surface area contributed by atoms with Crippen molar-refractivity contribution in [2.45, 2.75) is 11.4 Å². The van der Waals surface area contributed by atoms with Gasteiger partial charge in [0.1, 0.15) is 5.82 Å². The number of thioether (sulfide) groups is 1. The molecule has 0 amide bonds. The smallest absolute Gasteiger partial charge is 0.121 e. The Balaban J connectivity index is 2.70. The van der Waals surface area contributed by atoms with E-state index in [2.05, 4.69) is 9.97 Å². The molecule has 0 saturated carbocycles. The van der Waals surface area contributed by atoms with Gasteiger partial charge in [0.25, 0.3) is 0 Å². The van der Waals surface area contributed by atoms with Crippen molar-refractivity contribution >= 4 is 11.8 Å². The standard InChI is InChI=1S/C6H7N3S/c1-10-6-4-8-5(9-6)2-3-7/h4H,2H2,1H3,(H,8,9). The topological polar surface area (TPSA) is 52.5 Å². The van der Waals surface area contributed by atoms with E-state index in [0.717, 1.165) is 10.9 Å². The van der Waals surface area contributed by atoms with Crippen LogP contribution in [0.5, 0.6) is 0 Å². The molecule has 0 saturated heterocycles. The summed E-state index contributed by atoms with van der Waals surface area (Å²) >= 11 is 1.59. The quantitative estimate of drug-likeness (QED) is 0.649. The Bertz CT molecular complexity index is 248. The maximum Gasteiger partial charge on any atom is 0.121 e. The van der Waals surface area contributed by atoms with E-state index in [4.69, 9.17) is 5.26 Å². The van der Waals surface area contributed by atoms with Gasteiger partial charge in [-0.05, 0) is 6.26 Å². The molecule has 0 fully saturated rings. The molecule has 0 spiro atoms. The Labute approximate surface area is 63.5 Å². The largest absolute Gasteiger partial charge is 0.336 e. The SMILES string of the molecule is CSc1cnc(CC#N)[nH]1. The minimum atomic E-state index is 0.362. The molecule has 0 atom stereocenters. The van der Waals surface area contributed by atoms with Gasteiger partial charge in [-0.15, -0.1) is 11.8 Å². The molecule has 0 bridgehead atoms. The van der Waals surface area contributed by atoms with E-state index < -0.39 is 0 Å². The van der Waals surface area contributed by atoms with Crippen LogP contribution in [0, 0.1) is 11.3 Å². The van der Waals surface area contributed by atoms with Crippen LogP contribution in [-0.2, 0) is 6.42 Å². The van der Waals surface area contributed by atoms with Gasteiger partial charge >= 0.3 is 0 Å². The van der Waals surface area contributed by atoms with Gasteiger partial charge in [-0.1, -0.05) is 0 Å². The maximum absolute atomic E-state index is 8.28. The fourth-order valence-electron chi connectivity index (χ4n) is 0.612. The van der Waals surface area contributed by atoms with Gasteiger partial charge in [0.15, 0.2) is 0 Å². The minimum absolute atomic E-state index is 0.362. The van der Waals surface area contributed by atoms with Gasteiger partial charge in [0.05, 0.1) is 23.7 Å². The molecule has 0 aliphatic heterocycles. The zero-order chi connectivity index (χ0) is 7.40. The molecule has 52 valence electrons.